The Hall–Kier alpha value is -0.660. The number of hydrogen-bond acceptors (Lipinski definition) is 4. The number of carbonyl (C=O) groups excluding carboxylic acids is 1. The van der Waals surface area contributed by atoms with E-state index in [2.05, 4.69) is 5.32 Å². The van der Waals surface area contributed by atoms with E-state index in [4.69, 9.17) is 5.73 Å². The van der Waals surface area contributed by atoms with Crippen LogP contribution in [0.5, 0.6) is 0 Å². The number of sulfonamides is 1. The highest BCUT2D eigenvalue weighted by Crippen LogP contribution is 2.16. The van der Waals surface area contributed by atoms with Gasteiger partial charge >= 0.3 is 0 Å². The number of nitrogens with one attached hydrogen (secondary N) is 1. The molecule has 0 bridgehead atoms. The van der Waals surface area contributed by atoms with E-state index in [1.165, 1.54) is 11.2 Å². The average molecular weight is 263 g/mol. The summed E-state index contributed by atoms with van der Waals surface area (Å²) in [5, 5.41) is 2.27. The summed E-state index contributed by atoms with van der Waals surface area (Å²) in [6.45, 7) is 4.14. The molecule has 100 valence electrons. The minimum absolute atomic E-state index is 0.0679. The normalized spacial score (nSPS) is 21.1. The summed E-state index contributed by atoms with van der Waals surface area (Å²) in [5.41, 5.74) is 5.40. The molecular formula is C10H21N3O3S. The summed E-state index contributed by atoms with van der Waals surface area (Å²) in [7, 11) is -3.27. The monoisotopic (exact) mass is 263 g/mol. The van der Waals surface area contributed by atoms with Crippen molar-refractivity contribution in [2.75, 3.05) is 19.6 Å². The molecule has 1 saturated heterocycles. The first-order valence-electron chi connectivity index (χ1n) is 5.84. The second-order valence-corrected chi connectivity index (χ2v) is 6.82. The van der Waals surface area contributed by atoms with Gasteiger partial charge in [0.25, 0.3) is 0 Å². The minimum atomic E-state index is -3.27. The lowest BCUT2D eigenvalue weighted by Gasteiger charge is -2.32. The lowest BCUT2D eigenvalue weighted by atomic mass is 10.1. The molecule has 17 heavy (non-hydrogen) atoms. The molecule has 0 aliphatic carbocycles. The zero-order chi connectivity index (χ0) is 13.1. The minimum Gasteiger partial charge on any atom is -0.354 e. The van der Waals surface area contributed by atoms with Crippen molar-refractivity contribution in [2.45, 2.75) is 38.0 Å². The van der Waals surface area contributed by atoms with Crippen molar-refractivity contribution in [1.82, 2.24) is 9.62 Å². The summed E-state index contributed by atoms with van der Waals surface area (Å²) in [6, 6.07) is 0.0899. The number of rotatable bonds is 4. The number of nitrogens with zero attached hydrogens (tertiary/aromatic N) is 1. The molecule has 0 saturated carbocycles. The predicted octanol–water partition coefficient (Wildman–Crippen LogP) is -0.736. The van der Waals surface area contributed by atoms with Crippen LogP contribution < -0.4 is 11.1 Å². The first kappa shape index (κ1) is 14.4. The van der Waals surface area contributed by atoms with Gasteiger partial charge < -0.3 is 11.1 Å². The van der Waals surface area contributed by atoms with E-state index in [0.717, 1.165) is 0 Å². The van der Waals surface area contributed by atoms with Gasteiger partial charge in [-0.1, -0.05) is 0 Å². The third-order valence-corrected chi connectivity index (χ3v) is 5.36. The van der Waals surface area contributed by atoms with Crippen LogP contribution in [-0.2, 0) is 14.8 Å². The first-order chi connectivity index (χ1) is 7.87. The van der Waals surface area contributed by atoms with Crippen LogP contribution in [0.4, 0.5) is 0 Å². The van der Waals surface area contributed by atoms with Crippen LogP contribution in [0.25, 0.3) is 0 Å². The number of amides is 1. The maximum absolute atomic E-state index is 12.0. The van der Waals surface area contributed by atoms with Gasteiger partial charge in [-0.05, 0) is 19.8 Å². The molecule has 0 aromatic rings. The number of carbonyl (C=O) groups is 1. The van der Waals surface area contributed by atoms with Crippen molar-refractivity contribution in [2.24, 2.45) is 5.73 Å². The molecule has 1 fully saturated rings. The van der Waals surface area contributed by atoms with Crippen LogP contribution >= 0.6 is 0 Å². The molecular weight excluding hydrogens is 242 g/mol. The van der Waals surface area contributed by atoms with Gasteiger partial charge in [0.15, 0.2) is 0 Å². The Morgan fingerprint density at radius 2 is 2.00 bits per heavy atom. The van der Waals surface area contributed by atoms with Crippen molar-refractivity contribution in [3.63, 3.8) is 0 Å². The lowest BCUT2D eigenvalue weighted by molar-refractivity contribution is -0.119. The Labute approximate surface area is 103 Å². The van der Waals surface area contributed by atoms with E-state index >= 15 is 0 Å². The van der Waals surface area contributed by atoms with Gasteiger partial charge in [-0.15, -0.1) is 0 Å². The largest absolute Gasteiger partial charge is 0.354 e. The molecule has 1 aliphatic heterocycles. The molecule has 0 aromatic carbocycles. The average Bonchev–Trinajstić information content (AvgIpc) is 2.27. The Balaban J connectivity index is 2.55. The SMILES string of the molecule is CC(=O)NC1CCN(S(=O)(=O)C(C)CN)CC1. The summed E-state index contributed by atoms with van der Waals surface area (Å²) in [5.74, 6) is -0.0679. The van der Waals surface area contributed by atoms with Gasteiger partial charge in [0, 0.05) is 32.6 Å². The van der Waals surface area contributed by atoms with Crippen molar-refractivity contribution in [3.8, 4) is 0 Å². The summed E-state index contributed by atoms with van der Waals surface area (Å²) >= 11 is 0. The van der Waals surface area contributed by atoms with Crippen LogP contribution in [0.15, 0.2) is 0 Å². The number of nitrogens with two attached hydrogens (primary N) is 1. The van der Waals surface area contributed by atoms with E-state index in [9.17, 15) is 13.2 Å². The third kappa shape index (κ3) is 3.65. The van der Waals surface area contributed by atoms with Crippen molar-refractivity contribution in [1.29, 1.82) is 0 Å². The van der Waals surface area contributed by atoms with Gasteiger partial charge in [0.1, 0.15) is 0 Å². The molecule has 1 atom stereocenters. The van der Waals surface area contributed by atoms with E-state index in [1.807, 2.05) is 0 Å². The van der Waals surface area contributed by atoms with E-state index in [0.29, 0.717) is 25.9 Å². The highest BCUT2D eigenvalue weighted by Gasteiger charge is 2.31. The summed E-state index contributed by atoms with van der Waals surface area (Å²) in [4.78, 5) is 10.9. The second kappa shape index (κ2) is 5.79. The number of piperidine rings is 1. The summed E-state index contributed by atoms with van der Waals surface area (Å²) < 4.78 is 25.5. The third-order valence-electron chi connectivity index (χ3n) is 3.06. The molecule has 7 heteroatoms. The molecule has 0 aromatic heterocycles. The zero-order valence-corrected chi connectivity index (χ0v) is 11.2. The maximum Gasteiger partial charge on any atom is 0.217 e. The molecule has 1 amide bonds. The Bertz CT molecular complexity index is 361. The zero-order valence-electron chi connectivity index (χ0n) is 10.3. The topological polar surface area (TPSA) is 92.5 Å². The van der Waals surface area contributed by atoms with Crippen LogP contribution in [0.2, 0.25) is 0 Å². The van der Waals surface area contributed by atoms with E-state index < -0.39 is 15.3 Å². The highest BCUT2D eigenvalue weighted by molar-refractivity contribution is 7.89. The fourth-order valence-electron chi connectivity index (χ4n) is 1.92. The lowest BCUT2D eigenvalue weighted by Crippen LogP contribution is -2.49. The number of hydrogen-bond donors (Lipinski definition) is 2. The molecule has 1 unspecified atom stereocenters. The Morgan fingerprint density at radius 3 is 2.41 bits per heavy atom. The van der Waals surface area contributed by atoms with E-state index in [-0.39, 0.29) is 18.5 Å². The molecule has 0 spiro atoms. The highest BCUT2D eigenvalue weighted by atomic mass is 32.2. The molecule has 6 nitrogen and oxygen atoms in total. The second-order valence-electron chi connectivity index (χ2n) is 4.47. The van der Waals surface area contributed by atoms with Gasteiger partial charge in [-0.25, -0.2) is 12.7 Å². The van der Waals surface area contributed by atoms with Gasteiger partial charge in [0.2, 0.25) is 15.9 Å². The van der Waals surface area contributed by atoms with Gasteiger partial charge in [0.05, 0.1) is 5.25 Å². The quantitative estimate of drug-likeness (QED) is 0.699. The molecule has 3 N–H and O–H groups in total. The fraction of sp³-hybridized carbons (Fsp3) is 0.900. The summed E-state index contributed by atoms with van der Waals surface area (Å²) in [6.07, 6.45) is 1.33. The van der Waals surface area contributed by atoms with E-state index in [1.54, 1.807) is 6.92 Å². The molecule has 1 rings (SSSR count). The molecule has 0 radical (unpaired) electrons. The Kier molecular flexibility index (Phi) is 4.91. The smallest absolute Gasteiger partial charge is 0.217 e. The van der Waals surface area contributed by atoms with Crippen LogP contribution in [0, 0.1) is 0 Å². The fourth-order valence-corrected chi connectivity index (χ4v) is 3.39. The first-order valence-corrected chi connectivity index (χ1v) is 7.34. The van der Waals surface area contributed by atoms with Gasteiger partial charge in [-0.2, -0.15) is 0 Å². The van der Waals surface area contributed by atoms with Crippen LogP contribution in [0.1, 0.15) is 26.7 Å². The molecule has 1 aliphatic rings. The predicted molar refractivity (Wildman–Crippen MR) is 65.8 cm³/mol. The molecule has 1 heterocycles. The maximum atomic E-state index is 12.0. The van der Waals surface area contributed by atoms with Gasteiger partial charge in [-0.3, -0.25) is 4.79 Å². The van der Waals surface area contributed by atoms with Crippen molar-refractivity contribution >= 4 is 15.9 Å². The van der Waals surface area contributed by atoms with Crippen LogP contribution in [-0.4, -0.2) is 49.6 Å². The standard InChI is InChI=1S/C10H21N3O3S/c1-8(7-11)17(15,16)13-5-3-10(4-6-13)12-9(2)14/h8,10H,3-7,11H2,1-2H3,(H,12,14). The van der Waals surface area contributed by atoms with Crippen molar-refractivity contribution < 1.29 is 13.2 Å². The Morgan fingerprint density at radius 1 is 1.47 bits per heavy atom. The van der Waals surface area contributed by atoms with Crippen LogP contribution in [0.3, 0.4) is 0 Å². The van der Waals surface area contributed by atoms with Crippen molar-refractivity contribution in [3.05, 3.63) is 0 Å².